The molecule has 1 aromatic heterocycles. The van der Waals surface area contributed by atoms with E-state index < -0.39 is 0 Å². The van der Waals surface area contributed by atoms with E-state index in [1.54, 1.807) is 0 Å². The van der Waals surface area contributed by atoms with Gasteiger partial charge in [0.2, 0.25) is 0 Å². The molecule has 4 nitrogen and oxygen atoms in total. The van der Waals surface area contributed by atoms with Crippen LogP contribution in [0.25, 0.3) is 0 Å². The average Bonchev–Trinajstić information content (AvgIpc) is 2.83. The molecular weight excluding hydrogens is 250 g/mol. The van der Waals surface area contributed by atoms with Crippen LogP contribution in [0.4, 0.5) is 5.69 Å². The van der Waals surface area contributed by atoms with E-state index in [9.17, 15) is 0 Å². The zero-order valence-corrected chi connectivity index (χ0v) is 12.3. The molecule has 2 N–H and O–H groups in total. The molecular formula is C16H23N3O. The first-order valence-corrected chi connectivity index (χ1v) is 7.18. The van der Waals surface area contributed by atoms with Crippen LogP contribution in [0, 0.1) is 0 Å². The lowest BCUT2D eigenvalue weighted by Crippen LogP contribution is -2.01. The monoisotopic (exact) mass is 273 g/mol. The Morgan fingerprint density at radius 1 is 1.35 bits per heavy atom. The van der Waals surface area contributed by atoms with Gasteiger partial charge in [-0.1, -0.05) is 19.1 Å². The van der Waals surface area contributed by atoms with E-state index in [0.717, 1.165) is 37.2 Å². The number of aryl methyl sites for hydroxylation is 3. The summed E-state index contributed by atoms with van der Waals surface area (Å²) in [4.78, 5) is 0. The SMILES string of the molecule is CCc1nn(C)cc1CNc1cccc(CCCO)c1. The fourth-order valence-electron chi connectivity index (χ4n) is 2.35. The first-order valence-electron chi connectivity index (χ1n) is 7.18. The highest BCUT2D eigenvalue weighted by molar-refractivity contribution is 5.46. The average molecular weight is 273 g/mol. The Bertz CT molecular complexity index is 548. The Labute approximate surface area is 120 Å². The minimum atomic E-state index is 0.243. The Morgan fingerprint density at radius 2 is 2.20 bits per heavy atom. The van der Waals surface area contributed by atoms with Gasteiger partial charge in [-0.2, -0.15) is 5.10 Å². The number of aliphatic hydroxyl groups excluding tert-OH is 1. The van der Waals surface area contributed by atoms with E-state index in [1.807, 2.05) is 11.7 Å². The van der Waals surface area contributed by atoms with Gasteiger partial charge >= 0.3 is 0 Å². The van der Waals surface area contributed by atoms with Gasteiger partial charge in [0.05, 0.1) is 5.69 Å². The van der Waals surface area contributed by atoms with Crippen molar-refractivity contribution in [3.05, 3.63) is 47.3 Å². The fourth-order valence-corrected chi connectivity index (χ4v) is 2.35. The molecule has 2 rings (SSSR count). The number of anilines is 1. The minimum Gasteiger partial charge on any atom is -0.396 e. The van der Waals surface area contributed by atoms with E-state index in [-0.39, 0.29) is 6.61 Å². The van der Waals surface area contributed by atoms with E-state index in [4.69, 9.17) is 5.11 Å². The topological polar surface area (TPSA) is 50.1 Å². The lowest BCUT2D eigenvalue weighted by molar-refractivity contribution is 0.288. The Balaban J connectivity index is 1.99. The fraction of sp³-hybridized carbons (Fsp3) is 0.438. The van der Waals surface area contributed by atoms with Crippen LogP contribution in [0.2, 0.25) is 0 Å². The van der Waals surface area contributed by atoms with Crippen LogP contribution in [0.1, 0.15) is 30.2 Å². The second-order valence-corrected chi connectivity index (χ2v) is 5.01. The van der Waals surface area contributed by atoms with Crippen LogP contribution in [0.15, 0.2) is 30.5 Å². The van der Waals surface area contributed by atoms with Gasteiger partial charge in [0.25, 0.3) is 0 Å². The smallest absolute Gasteiger partial charge is 0.0671 e. The molecule has 1 aromatic carbocycles. The van der Waals surface area contributed by atoms with Crippen molar-refractivity contribution >= 4 is 5.69 Å². The number of aliphatic hydroxyl groups is 1. The number of aromatic nitrogens is 2. The van der Waals surface area contributed by atoms with Crippen molar-refractivity contribution in [2.24, 2.45) is 7.05 Å². The molecule has 0 bridgehead atoms. The van der Waals surface area contributed by atoms with E-state index in [2.05, 4.69) is 47.8 Å². The number of nitrogens with zero attached hydrogens (tertiary/aromatic N) is 2. The molecule has 1 heterocycles. The zero-order chi connectivity index (χ0) is 14.4. The summed E-state index contributed by atoms with van der Waals surface area (Å²) in [5.41, 5.74) is 4.77. The van der Waals surface area contributed by atoms with Crippen molar-refractivity contribution in [2.75, 3.05) is 11.9 Å². The maximum Gasteiger partial charge on any atom is 0.0671 e. The lowest BCUT2D eigenvalue weighted by atomic mass is 10.1. The third kappa shape index (κ3) is 3.84. The largest absolute Gasteiger partial charge is 0.396 e. The third-order valence-corrected chi connectivity index (χ3v) is 3.36. The van der Waals surface area contributed by atoms with Crippen molar-refractivity contribution in [3.63, 3.8) is 0 Å². The van der Waals surface area contributed by atoms with Gasteiger partial charge in [-0.15, -0.1) is 0 Å². The molecule has 0 unspecified atom stereocenters. The molecule has 4 heteroatoms. The van der Waals surface area contributed by atoms with Crippen LogP contribution < -0.4 is 5.32 Å². The molecule has 0 saturated carbocycles. The predicted octanol–water partition coefficient (Wildman–Crippen LogP) is 2.52. The Kier molecular flexibility index (Phi) is 5.18. The molecule has 0 atom stereocenters. The summed E-state index contributed by atoms with van der Waals surface area (Å²) in [5, 5.41) is 16.8. The van der Waals surface area contributed by atoms with Gasteiger partial charge in [-0.05, 0) is 37.0 Å². The Morgan fingerprint density at radius 3 is 2.95 bits per heavy atom. The number of benzene rings is 1. The summed E-state index contributed by atoms with van der Waals surface area (Å²) in [6, 6.07) is 8.38. The molecule has 20 heavy (non-hydrogen) atoms. The summed E-state index contributed by atoms with van der Waals surface area (Å²) in [5.74, 6) is 0. The van der Waals surface area contributed by atoms with Gasteiger partial charge < -0.3 is 10.4 Å². The van der Waals surface area contributed by atoms with Crippen molar-refractivity contribution in [1.29, 1.82) is 0 Å². The standard InChI is InChI=1S/C16H23N3O/c1-3-16-14(12-19(2)18-16)11-17-15-8-4-6-13(10-15)7-5-9-20/h4,6,8,10,12,17,20H,3,5,7,9,11H2,1-2H3. The van der Waals surface area contributed by atoms with Gasteiger partial charge in [-0.25, -0.2) is 0 Å². The van der Waals surface area contributed by atoms with Gasteiger partial charge in [0.15, 0.2) is 0 Å². The van der Waals surface area contributed by atoms with Crippen LogP contribution in [0.5, 0.6) is 0 Å². The number of rotatable bonds is 7. The van der Waals surface area contributed by atoms with Crippen molar-refractivity contribution in [2.45, 2.75) is 32.7 Å². The number of nitrogens with one attached hydrogen (secondary N) is 1. The zero-order valence-electron chi connectivity index (χ0n) is 12.3. The van der Waals surface area contributed by atoms with Crippen LogP contribution >= 0.6 is 0 Å². The third-order valence-electron chi connectivity index (χ3n) is 3.36. The summed E-state index contributed by atoms with van der Waals surface area (Å²) in [6.07, 6.45) is 4.75. The highest BCUT2D eigenvalue weighted by atomic mass is 16.2. The normalized spacial score (nSPS) is 10.8. The summed E-state index contributed by atoms with van der Waals surface area (Å²) in [6.45, 7) is 3.16. The van der Waals surface area contributed by atoms with Crippen molar-refractivity contribution < 1.29 is 5.11 Å². The quantitative estimate of drug-likeness (QED) is 0.815. The number of hydrogen-bond acceptors (Lipinski definition) is 3. The lowest BCUT2D eigenvalue weighted by Gasteiger charge is -2.08. The molecule has 0 aliphatic rings. The highest BCUT2D eigenvalue weighted by Gasteiger charge is 2.05. The molecule has 0 amide bonds. The van der Waals surface area contributed by atoms with Gasteiger partial charge in [-0.3, -0.25) is 4.68 Å². The van der Waals surface area contributed by atoms with Crippen LogP contribution in [0.3, 0.4) is 0 Å². The molecule has 0 aliphatic carbocycles. The van der Waals surface area contributed by atoms with E-state index in [0.29, 0.717) is 0 Å². The van der Waals surface area contributed by atoms with Gasteiger partial charge in [0, 0.05) is 37.6 Å². The second-order valence-electron chi connectivity index (χ2n) is 5.01. The molecule has 0 fully saturated rings. The van der Waals surface area contributed by atoms with Crippen LogP contribution in [-0.2, 0) is 26.4 Å². The Hall–Kier alpha value is -1.81. The first kappa shape index (κ1) is 14.6. The summed E-state index contributed by atoms with van der Waals surface area (Å²) in [7, 11) is 1.96. The summed E-state index contributed by atoms with van der Waals surface area (Å²) < 4.78 is 1.87. The minimum absolute atomic E-state index is 0.243. The maximum atomic E-state index is 8.88. The molecule has 2 aromatic rings. The van der Waals surface area contributed by atoms with E-state index in [1.165, 1.54) is 11.1 Å². The molecule has 108 valence electrons. The number of hydrogen-bond donors (Lipinski definition) is 2. The summed E-state index contributed by atoms with van der Waals surface area (Å²) >= 11 is 0. The highest BCUT2D eigenvalue weighted by Crippen LogP contribution is 2.15. The second kappa shape index (κ2) is 7.10. The van der Waals surface area contributed by atoms with E-state index >= 15 is 0 Å². The molecule has 0 saturated heterocycles. The van der Waals surface area contributed by atoms with Crippen molar-refractivity contribution in [3.8, 4) is 0 Å². The molecule has 0 spiro atoms. The first-order chi connectivity index (χ1) is 9.72. The predicted molar refractivity (Wildman–Crippen MR) is 81.8 cm³/mol. The van der Waals surface area contributed by atoms with Gasteiger partial charge in [0.1, 0.15) is 0 Å². The molecule has 0 radical (unpaired) electrons. The van der Waals surface area contributed by atoms with Crippen molar-refractivity contribution in [1.82, 2.24) is 9.78 Å². The van der Waals surface area contributed by atoms with Crippen LogP contribution in [-0.4, -0.2) is 21.5 Å². The maximum absolute atomic E-state index is 8.88. The molecule has 0 aliphatic heterocycles.